The van der Waals surface area contributed by atoms with Gasteiger partial charge in [0.15, 0.2) is 0 Å². The largest absolute Gasteiger partial charge is 0.322 e. The highest BCUT2D eigenvalue weighted by atomic mass is 127. The highest BCUT2D eigenvalue weighted by Gasteiger charge is 2.40. The molecular weight excluding hydrogens is 355 g/mol. The van der Waals surface area contributed by atoms with E-state index in [0.717, 1.165) is 13.1 Å². The molecule has 0 saturated carbocycles. The molecule has 0 unspecified atom stereocenters. The summed E-state index contributed by atoms with van der Waals surface area (Å²) in [5.74, 6) is 0.420. The van der Waals surface area contributed by atoms with E-state index in [1.807, 2.05) is 9.80 Å². The zero-order valence-electron chi connectivity index (χ0n) is 10.1. The van der Waals surface area contributed by atoms with Crippen LogP contribution in [0.2, 0.25) is 0 Å². The van der Waals surface area contributed by atoms with Crippen molar-refractivity contribution in [2.24, 2.45) is 5.92 Å². The van der Waals surface area contributed by atoms with Crippen LogP contribution in [0.4, 0.5) is 4.79 Å². The van der Waals surface area contributed by atoms with E-state index in [1.165, 1.54) is 10.8 Å². The quantitative estimate of drug-likeness (QED) is 0.268. The zero-order chi connectivity index (χ0) is 12.5. The summed E-state index contributed by atoms with van der Waals surface area (Å²) >= 11 is 6.58. The summed E-state index contributed by atoms with van der Waals surface area (Å²) in [7, 11) is 1.46. The van der Waals surface area contributed by atoms with Crippen molar-refractivity contribution in [2.45, 2.75) is 36.6 Å². The van der Waals surface area contributed by atoms with Gasteiger partial charge in [-0.1, -0.05) is 47.2 Å². The molecule has 0 aromatic carbocycles. The first-order chi connectivity index (χ1) is 7.29. The molecule has 0 aromatic heterocycles. The Bertz CT molecular complexity index is 268. The first kappa shape index (κ1) is 14.8. The number of carbonyl (C=O) groups excluding carboxylic acids is 1. The summed E-state index contributed by atoms with van der Waals surface area (Å²) in [4.78, 5) is 16.1. The van der Waals surface area contributed by atoms with Gasteiger partial charge in [-0.15, -0.1) is 11.7 Å². The molecule has 2 amide bonds. The van der Waals surface area contributed by atoms with Crippen LogP contribution in [0.5, 0.6) is 0 Å². The van der Waals surface area contributed by atoms with Crippen molar-refractivity contribution in [3.8, 4) is 0 Å². The minimum atomic E-state index is -0.119. The molecule has 1 aliphatic rings. The number of urea groups is 1. The third-order valence-electron chi connectivity index (χ3n) is 2.67. The number of hydrogen-bond donors (Lipinski definition) is 1. The molecule has 1 fully saturated rings. The van der Waals surface area contributed by atoms with E-state index in [4.69, 9.17) is 0 Å². The Labute approximate surface area is 121 Å². The smallest absolute Gasteiger partial charge is 0.310 e. The van der Waals surface area contributed by atoms with Crippen molar-refractivity contribution in [3.05, 3.63) is 0 Å². The minimum absolute atomic E-state index is 0.119. The van der Waals surface area contributed by atoms with Gasteiger partial charge in [-0.05, 0) is 19.8 Å². The van der Waals surface area contributed by atoms with Crippen molar-refractivity contribution in [1.82, 2.24) is 9.80 Å². The Morgan fingerprint density at radius 2 is 2.00 bits per heavy atom. The Morgan fingerprint density at radius 1 is 1.44 bits per heavy atom. The third kappa shape index (κ3) is 3.13. The van der Waals surface area contributed by atoms with Crippen LogP contribution in [-0.4, -0.2) is 37.8 Å². The Morgan fingerprint density at radius 3 is 2.31 bits per heavy atom. The van der Waals surface area contributed by atoms with Crippen molar-refractivity contribution in [1.29, 1.82) is 0 Å². The number of alkyl halides is 1. The SMILES string of the molecule is CC(C)[C@@H](SS)N1CCN(C(C)(C)I)C1=O. The zero-order valence-corrected chi connectivity index (χ0v) is 14.0. The molecule has 1 aliphatic heterocycles. The molecule has 1 heterocycles. The lowest BCUT2D eigenvalue weighted by Gasteiger charge is -2.32. The van der Waals surface area contributed by atoms with Gasteiger partial charge in [0.05, 0.1) is 8.92 Å². The molecular formula is C10H19IN2OS2. The summed E-state index contributed by atoms with van der Waals surface area (Å²) in [6, 6.07) is 0.139. The highest BCUT2D eigenvalue weighted by Crippen LogP contribution is 2.33. The van der Waals surface area contributed by atoms with Crippen LogP contribution < -0.4 is 0 Å². The number of halogens is 1. The average Bonchev–Trinajstić information content (AvgIpc) is 2.48. The number of rotatable bonds is 4. The van der Waals surface area contributed by atoms with Crippen LogP contribution in [0.1, 0.15) is 27.7 Å². The molecule has 1 atom stereocenters. The average molecular weight is 374 g/mol. The molecule has 1 rings (SSSR count). The maximum absolute atomic E-state index is 12.3. The van der Waals surface area contributed by atoms with Gasteiger partial charge in [0.1, 0.15) is 0 Å². The van der Waals surface area contributed by atoms with E-state index < -0.39 is 0 Å². The predicted octanol–water partition coefficient (Wildman–Crippen LogP) is 3.46. The molecule has 0 aromatic rings. The minimum Gasteiger partial charge on any atom is -0.310 e. The monoisotopic (exact) mass is 374 g/mol. The molecule has 0 radical (unpaired) electrons. The number of nitrogens with zero attached hydrogens (tertiary/aromatic N) is 2. The molecule has 0 spiro atoms. The maximum Gasteiger partial charge on any atom is 0.322 e. The maximum atomic E-state index is 12.3. The fraction of sp³-hybridized carbons (Fsp3) is 0.900. The Kier molecular flexibility index (Phi) is 5.13. The van der Waals surface area contributed by atoms with Gasteiger partial charge in [-0.3, -0.25) is 0 Å². The van der Waals surface area contributed by atoms with Crippen LogP contribution in [-0.2, 0) is 0 Å². The standard InChI is InChI=1S/C10H19IN2OS2/c1-7(2)8(16-15)12-5-6-13(9(12)14)10(3,4)11/h7-8,15H,5-6H2,1-4H3/t8-/m1/s1. The van der Waals surface area contributed by atoms with E-state index >= 15 is 0 Å². The number of hydrogen-bond acceptors (Lipinski definition) is 3. The summed E-state index contributed by atoms with van der Waals surface area (Å²) < 4.78 is -0.119. The van der Waals surface area contributed by atoms with Gasteiger partial charge in [0.2, 0.25) is 0 Å². The first-order valence-corrected chi connectivity index (χ1v) is 8.37. The lowest BCUT2D eigenvalue weighted by Crippen LogP contribution is -2.45. The summed E-state index contributed by atoms with van der Waals surface area (Å²) in [5.41, 5.74) is 0. The van der Waals surface area contributed by atoms with Crippen molar-refractivity contribution >= 4 is 51.1 Å². The molecule has 6 heteroatoms. The van der Waals surface area contributed by atoms with E-state index in [0.29, 0.717) is 5.92 Å². The third-order valence-corrected chi connectivity index (χ3v) is 4.91. The van der Waals surface area contributed by atoms with E-state index in [9.17, 15) is 4.79 Å². The number of thiol groups is 1. The number of amides is 2. The summed E-state index contributed by atoms with van der Waals surface area (Å²) in [6.45, 7) is 9.99. The van der Waals surface area contributed by atoms with Crippen molar-refractivity contribution in [2.75, 3.05) is 13.1 Å². The lowest BCUT2D eigenvalue weighted by atomic mass is 10.2. The van der Waals surface area contributed by atoms with Crippen LogP contribution in [0, 0.1) is 5.92 Å². The fourth-order valence-corrected chi connectivity index (χ4v) is 3.89. The van der Waals surface area contributed by atoms with Gasteiger partial charge in [-0.25, -0.2) is 4.79 Å². The van der Waals surface area contributed by atoms with E-state index in [2.05, 4.69) is 61.9 Å². The van der Waals surface area contributed by atoms with Crippen molar-refractivity contribution in [3.63, 3.8) is 0 Å². The Hall–Kier alpha value is 0.700. The van der Waals surface area contributed by atoms with Crippen LogP contribution in [0.3, 0.4) is 0 Å². The molecule has 16 heavy (non-hydrogen) atoms. The Balaban J connectivity index is 2.77. The number of carbonyl (C=O) groups is 1. The predicted molar refractivity (Wildman–Crippen MR) is 82.1 cm³/mol. The van der Waals surface area contributed by atoms with Crippen LogP contribution >= 0.6 is 45.0 Å². The second kappa shape index (κ2) is 5.56. The molecule has 0 N–H and O–H groups in total. The highest BCUT2D eigenvalue weighted by molar-refractivity contribution is 14.1. The van der Waals surface area contributed by atoms with E-state index in [-0.39, 0.29) is 15.0 Å². The van der Waals surface area contributed by atoms with E-state index in [1.54, 1.807) is 0 Å². The molecule has 94 valence electrons. The summed E-state index contributed by atoms with van der Waals surface area (Å²) in [6.07, 6.45) is 0. The second-order valence-corrected chi connectivity index (χ2v) is 8.74. The van der Waals surface area contributed by atoms with Crippen molar-refractivity contribution < 1.29 is 4.79 Å². The lowest BCUT2D eigenvalue weighted by molar-refractivity contribution is 0.172. The second-order valence-electron chi connectivity index (χ2n) is 4.78. The normalized spacial score (nSPS) is 19.8. The van der Waals surface area contributed by atoms with Crippen LogP contribution in [0.15, 0.2) is 0 Å². The summed E-state index contributed by atoms with van der Waals surface area (Å²) in [5, 5.41) is 0.166. The fourth-order valence-electron chi connectivity index (χ4n) is 1.82. The van der Waals surface area contributed by atoms with Crippen LogP contribution in [0.25, 0.3) is 0 Å². The van der Waals surface area contributed by atoms with Gasteiger partial charge in [0, 0.05) is 13.1 Å². The molecule has 3 nitrogen and oxygen atoms in total. The molecule has 0 bridgehead atoms. The molecule has 1 saturated heterocycles. The van der Waals surface area contributed by atoms with Gasteiger partial charge in [-0.2, -0.15) is 0 Å². The topological polar surface area (TPSA) is 23.6 Å². The molecule has 0 aliphatic carbocycles. The first-order valence-electron chi connectivity index (χ1n) is 5.36. The van der Waals surface area contributed by atoms with Gasteiger partial charge in [0.25, 0.3) is 0 Å². The van der Waals surface area contributed by atoms with Gasteiger partial charge < -0.3 is 9.80 Å². The van der Waals surface area contributed by atoms with Gasteiger partial charge >= 0.3 is 6.03 Å².